The molecule has 4 rings (SSSR count). The molecular formula is C23H27F2N3O. The van der Waals surface area contributed by atoms with Gasteiger partial charge in [0.2, 0.25) is 0 Å². The summed E-state index contributed by atoms with van der Waals surface area (Å²) < 4.78 is 27.5. The average Bonchev–Trinajstić information content (AvgIpc) is 3.00. The number of amides is 1. The smallest absolute Gasteiger partial charge is 0.256 e. The Labute approximate surface area is 170 Å². The molecule has 0 bridgehead atoms. The largest absolute Gasteiger partial charge is 0.337 e. The van der Waals surface area contributed by atoms with Gasteiger partial charge >= 0.3 is 0 Å². The molecule has 0 radical (unpaired) electrons. The molecule has 2 heterocycles. The van der Waals surface area contributed by atoms with Gasteiger partial charge < -0.3 is 9.80 Å². The van der Waals surface area contributed by atoms with E-state index in [4.69, 9.17) is 0 Å². The van der Waals surface area contributed by atoms with Crippen LogP contribution in [0.4, 0.5) is 8.78 Å². The van der Waals surface area contributed by atoms with E-state index in [0.29, 0.717) is 19.0 Å². The summed E-state index contributed by atoms with van der Waals surface area (Å²) in [5.74, 6) is -1.25. The van der Waals surface area contributed by atoms with E-state index >= 15 is 0 Å². The molecule has 6 heteroatoms. The van der Waals surface area contributed by atoms with E-state index in [2.05, 4.69) is 48.2 Å². The maximum absolute atomic E-state index is 14.0. The lowest BCUT2D eigenvalue weighted by Gasteiger charge is -2.51. The van der Waals surface area contributed by atoms with Crippen LogP contribution in [0.25, 0.3) is 0 Å². The molecule has 2 aromatic carbocycles. The molecule has 2 aromatic rings. The Balaban J connectivity index is 1.47. The second-order valence-corrected chi connectivity index (χ2v) is 8.76. The second-order valence-electron chi connectivity index (χ2n) is 8.76. The standard InChI is InChI=1S/C23H27F2N3O/c1-26(2)12-18-13-27(11-17-6-4-3-5-7-17)14-23(18)15-28(16-23)22(29)20-10-19(24)8-9-21(20)25/h3-10,18H,11-16H2,1-2H3. The van der Waals surface area contributed by atoms with E-state index in [1.165, 1.54) is 5.56 Å². The molecule has 1 atom stereocenters. The van der Waals surface area contributed by atoms with Crippen molar-refractivity contribution >= 4 is 5.91 Å². The summed E-state index contributed by atoms with van der Waals surface area (Å²) in [6.45, 7) is 4.90. The van der Waals surface area contributed by atoms with E-state index in [-0.39, 0.29) is 11.0 Å². The van der Waals surface area contributed by atoms with Crippen LogP contribution >= 0.6 is 0 Å². The fourth-order valence-electron chi connectivity index (χ4n) is 4.85. The first-order chi connectivity index (χ1) is 13.9. The number of rotatable bonds is 5. The number of benzene rings is 2. The van der Waals surface area contributed by atoms with E-state index in [9.17, 15) is 13.6 Å². The summed E-state index contributed by atoms with van der Waals surface area (Å²) >= 11 is 0. The van der Waals surface area contributed by atoms with Crippen molar-refractivity contribution in [2.24, 2.45) is 11.3 Å². The van der Waals surface area contributed by atoms with Gasteiger partial charge in [-0.05, 0) is 43.8 Å². The van der Waals surface area contributed by atoms with E-state index in [1.807, 2.05) is 6.07 Å². The maximum Gasteiger partial charge on any atom is 0.256 e. The Hall–Kier alpha value is -2.31. The van der Waals surface area contributed by atoms with Crippen molar-refractivity contribution in [3.8, 4) is 0 Å². The van der Waals surface area contributed by atoms with Gasteiger partial charge in [0.15, 0.2) is 0 Å². The molecule has 29 heavy (non-hydrogen) atoms. The van der Waals surface area contributed by atoms with Crippen LogP contribution in [0.2, 0.25) is 0 Å². The number of carbonyl (C=O) groups is 1. The molecular weight excluding hydrogens is 372 g/mol. The molecule has 1 unspecified atom stereocenters. The molecule has 2 fully saturated rings. The third-order valence-corrected chi connectivity index (χ3v) is 6.18. The average molecular weight is 399 g/mol. The molecule has 1 amide bonds. The van der Waals surface area contributed by atoms with Gasteiger partial charge in [-0.25, -0.2) is 8.78 Å². The summed E-state index contributed by atoms with van der Waals surface area (Å²) in [5.41, 5.74) is 1.11. The number of carbonyl (C=O) groups excluding carboxylic acids is 1. The fourth-order valence-corrected chi connectivity index (χ4v) is 4.85. The zero-order chi connectivity index (χ0) is 20.6. The molecule has 4 nitrogen and oxygen atoms in total. The fraction of sp³-hybridized carbons (Fsp3) is 0.435. The highest BCUT2D eigenvalue weighted by Crippen LogP contribution is 2.45. The van der Waals surface area contributed by atoms with Gasteiger partial charge in [-0.3, -0.25) is 9.69 Å². The number of likely N-dealkylation sites (tertiary alicyclic amines) is 2. The zero-order valence-electron chi connectivity index (χ0n) is 16.9. The summed E-state index contributed by atoms with van der Waals surface area (Å²) in [4.78, 5) is 19.0. The Morgan fingerprint density at radius 3 is 2.52 bits per heavy atom. The van der Waals surface area contributed by atoms with Crippen LogP contribution in [-0.2, 0) is 6.54 Å². The van der Waals surface area contributed by atoms with Gasteiger partial charge in [0.05, 0.1) is 5.56 Å². The van der Waals surface area contributed by atoms with Crippen LogP contribution in [0, 0.1) is 23.0 Å². The number of halogens is 2. The van der Waals surface area contributed by atoms with E-state index in [0.717, 1.165) is 44.4 Å². The van der Waals surface area contributed by atoms with Crippen LogP contribution in [0.15, 0.2) is 48.5 Å². The van der Waals surface area contributed by atoms with Gasteiger partial charge in [-0.2, -0.15) is 0 Å². The van der Waals surface area contributed by atoms with Crippen LogP contribution in [0.5, 0.6) is 0 Å². The highest BCUT2D eigenvalue weighted by molar-refractivity contribution is 5.95. The normalized spacial score (nSPS) is 21.0. The summed E-state index contributed by atoms with van der Waals surface area (Å²) in [6.07, 6.45) is 0. The van der Waals surface area contributed by atoms with Gasteiger partial charge in [0.25, 0.3) is 5.91 Å². The Morgan fingerprint density at radius 1 is 1.10 bits per heavy atom. The molecule has 0 aromatic heterocycles. The van der Waals surface area contributed by atoms with Crippen molar-refractivity contribution in [2.45, 2.75) is 6.54 Å². The van der Waals surface area contributed by atoms with Crippen molar-refractivity contribution in [1.82, 2.24) is 14.7 Å². The van der Waals surface area contributed by atoms with Crippen LogP contribution < -0.4 is 0 Å². The molecule has 1 spiro atoms. The first-order valence-corrected chi connectivity index (χ1v) is 10.0. The maximum atomic E-state index is 14.0. The van der Waals surface area contributed by atoms with E-state index in [1.54, 1.807) is 4.90 Å². The number of hydrogen-bond acceptors (Lipinski definition) is 3. The van der Waals surface area contributed by atoms with Gasteiger partial charge in [0.1, 0.15) is 11.6 Å². The predicted octanol–water partition coefficient (Wildman–Crippen LogP) is 3.10. The van der Waals surface area contributed by atoms with Gasteiger partial charge in [-0.1, -0.05) is 30.3 Å². The van der Waals surface area contributed by atoms with Crippen molar-refractivity contribution in [3.63, 3.8) is 0 Å². The molecule has 2 saturated heterocycles. The summed E-state index contributed by atoms with van der Waals surface area (Å²) in [7, 11) is 4.13. The van der Waals surface area contributed by atoms with E-state index < -0.39 is 17.5 Å². The monoisotopic (exact) mass is 399 g/mol. The molecule has 0 aliphatic carbocycles. The lowest BCUT2D eigenvalue weighted by atomic mass is 9.71. The summed E-state index contributed by atoms with van der Waals surface area (Å²) in [5, 5.41) is 0. The van der Waals surface area contributed by atoms with Crippen molar-refractivity contribution in [3.05, 3.63) is 71.3 Å². The van der Waals surface area contributed by atoms with Crippen molar-refractivity contribution in [1.29, 1.82) is 0 Å². The minimum atomic E-state index is -0.667. The lowest BCUT2D eigenvalue weighted by Crippen LogP contribution is -2.63. The number of nitrogens with zero attached hydrogens (tertiary/aromatic N) is 3. The second kappa shape index (κ2) is 7.84. The predicted molar refractivity (Wildman–Crippen MR) is 108 cm³/mol. The topological polar surface area (TPSA) is 26.8 Å². The van der Waals surface area contributed by atoms with Gasteiger partial charge in [0, 0.05) is 44.7 Å². The highest BCUT2D eigenvalue weighted by atomic mass is 19.1. The lowest BCUT2D eigenvalue weighted by molar-refractivity contribution is -0.0157. The minimum Gasteiger partial charge on any atom is -0.337 e. The Kier molecular flexibility index (Phi) is 5.40. The van der Waals surface area contributed by atoms with Crippen molar-refractivity contribution < 1.29 is 13.6 Å². The minimum absolute atomic E-state index is 0.0124. The zero-order valence-corrected chi connectivity index (χ0v) is 16.9. The highest BCUT2D eigenvalue weighted by Gasteiger charge is 2.55. The van der Waals surface area contributed by atoms with Gasteiger partial charge in [-0.15, -0.1) is 0 Å². The molecule has 2 aliphatic rings. The molecule has 2 aliphatic heterocycles. The van der Waals surface area contributed by atoms with Crippen LogP contribution in [-0.4, -0.2) is 67.4 Å². The Bertz CT molecular complexity index is 881. The Morgan fingerprint density at radius 2 is 1.83 bits per heavy atom. The van der Waals surface area contributed by atoms with Crippen LogP contribution in [0.3, 0.4) is 0 Å². The first-order valence-electron chi connectivity index (χ1n) is 10.0. The third kappa shape index (κ3) is 4.05. The first kappa shape index (κ1) is 20.0. The summed E-state index contributed by atoms with van der Waals surface area (Å²) in [6, 6.07) is 13.4. The third-order valence-electron chi connectivity index (χ3n) is 6.18. The van der Waals surface area contributed by atoms with Crippen molar-refractivity contribution in [2.75, 3.05) is 46.8 Å². The molecule has 154 valence electrons. The quantitative estimate of drug-likeness (QED) is 0.773. The van der Waals surface area contributed by atoms with Crippen LogP contribution in [0.1, 0.15) is 15.9 Å². The number of hydrogen-bond donors (Lipinski definition) is 0. The molecule has 0 N–H and O–H groups in total. The molecule has 0 saturated carbocycles. The SMILES string of the molecule is CN(C)CC1CN(Cc2ccccc2)CC12CN(C(=O)c1cc(F)ccc1F)C2.